The first kappa shape index (κ1) is 19.6. The van der Waals surface area contributed by atoms with Crippen LogP contribution in [0.3, 0.4) is 0 Å². The lowest BCUT2D eigenvalue weighted by atomic mass is 10.0. The monoisotopic (exact) mass is 391 g/mol. The predicted octanol–water partition coefficient (Wildman–Crippen LogP) is 4.80. The second-order valence-corrected chi connectivity index (χ2v) is 8.15. The SMILES string of the molecule is Cc1cc(Oc2cccc(-c3c(C)nnn3C3CCNCC3)n2)cc(C(C)C)c1. The van der Waals surface area contributed by atoms with E-state index in [-0.39, 0.29) is 0 Å². The largest absolute Gasteiger partial charge is 0.439 e. The molecule has 0 spiro atoms. The van der Waals surface area contributed by atoms with Crippen molar-refractivity contribution in [2.24, 2.45) is 0 Å². The quantitative estimate of drug-likeness (QED) is 0.677. The molecule has 2 aromatic heterocycles. The van der Waals surface area contributed by atoms with E-state index in [1.807, 2.05) is 35.9 Å². The van der Waals surface area contributed by atoms with Crippen LogP contribution in [0.4, 0.5) is 0 Å². The lowest BCUT2D eigenvalue weighted by molar-refractivity contribution is 0.340. The van der Waals surface area contributed by atoms with Gasteiger partial charge in [0, 0.05) is 6.07 Å². The molecular weight excluding hydrogens is 362 g/mol. The van der Waals surface area contributed by atoms with Crippen LogP contribution in [-0.2, 0) is 0 Å². The molecule has 0 aliphatic carbocycles. The average molecular weight is 392 g/mol. The summed E-state index contributed by atoms with van der Waals surface area (Å²) in [4.78, 5) is 4.79. The molecule has 1 fully saturated rings. The van der Waals surface area contributed by atoms with Gasteiger partial charge in [0.2, 0.25) is 5.88 Å². The maximum atomic E-state index is 6.14. The minimum absolute atomic E-state index is 0.351. The van der Waals surface area contributed by atoms with E-state index < -0.39 is 0 Å². The zero-order valence-electron chi connectivity index (χ0n) is 17.6. The molecule has 0 radical (unpaired) electrons. The molecule has 6 heteroatoms. The van der Waals surface area contributed by atoms with Crippen LogP contribution < -0.4 is 10.1 Å². The Morgan fingerprint density at radius 3 is 2.66 bits per heavy atom. The van der Waals surface area contributed by atoms with E-state index in [4.69, 9.17) is 9.72 Å². The van der Waals surface area contributed by atoms with E-state index in [0.717, 1.165) is 48.8 Å². The molecule has 29 heavy (non-hydrogen) atoms. The average Bonchev–Trinajstić information content (AvgIpc) is 3.10. The van der Waals surface area contributed by atoms with Crippen molar-refractivity contribution in [3.8, 4) is 23.0 Å². The van der Waals surface area contributed by atoms with E-state index >= 15 is 0 Å². The van der Waals surface area contributed by atoms with Gasteiger partial charge in [-0.25, -0.2) is 9.67 Å². The number of aryl methyl sites for hydroxylation is 2. The van der Waals surface area contributed by atoms with Crippen LogP contribution in [0.2, 0.25) is 0 Å². The normalized spacial score (nSPS) is 15.1. The molecule has 152 valence electrons. The number of hydrogen-bond donors (Lipinski definition) is 1. The summed E-state index contributed by atoms with van der Waals surface area (Å²) in [5, 5.41) is 12.2. The summed E-state index contributed by atoms with van der Waals surface area (Å²) in [5.41, 5.74) is 5.17. The van der Waals surface area contributed by atoms with Gasteiger partial charge in [0.25, 0.3) is 0 Å². The fourth-order valence-electron chi connectivity index (χ4n) is 3.88. The molecule has 0 bridgehead atoms. The minimum atomic E-state index is 0.351. The Labute approximate surface area is 172 Å². The summed E-state index contributed by atoms with van der Waals surface area (Å²) >= 11 is 0. The third-order valence-corrected chi connectivity index (χ3v) is 5.45. The molecule has 1 saturated heterocycles. The summed E-state index contributed by atoms with van der Waals surface area (Å²) < 4.78 is 8.19. The third-order valence-electron chi connectivity index (χ3n) is 5.45. The van der Waals surface area contributed by atoms with Crippen LogP contribution >= 0.6 is 0 Å². The Hall–Kier alpha value is -2.73. The molecule has 1 aliphatic heterocycles. The van der Waals surface area contributed by atoms with Crippen LogP contribution in [0.15, 0.2) is 36.4 Å². The zero-order valence-corrected chi connectivity index (χ0v) is 17.6. The van der Waals surface area contributed by atoms with Gasteiger partial charge in [-0.1, -0.05) is 31.2 Å². The molecule has 3 heterocycles. The van der Waals surface area contributed by atoms with Crippen LogP contribution in [0, 0.1) is 13.8 Å². The first-order chi connectivity index (χ1) is 14.0. The molecule has 1 aromatic carbocycles. The molecule has 1 N–H and O–H groups in total. The number of piperidine rings is 1. The van der Waals surface area contributed by atoms with Gasteiger partial charge in [0.05, 0.1) is 17.4 Å². The second kappa shape index (κ2) is 8.33. The van der Waals surface area contributed by atoms with Crippen molar-refractivity contribution in [2.75, 3.05) is 13.1 Å². The number of hydrogen-bond acceptors (Lipinski definition) is 5. The van der Waals surface area contributed by atoms with Crippen LogP contribution in [0.25, 0.3) is 11.4 Å². The number of benzene rings is 1. The van der Waals surface area contributed by atoms with Gasteiger partial charge in [-0.15, -0.1) is 5.10 Å². The Kier molecular flexibility index (Phi) is 5.62. The van der Waals surface area contributed by atoms with E-state index in [9.17, 15) is 0 Å². The number of ether oxygens (including phenoxy) is 1. The number of pyridine rings is 1. The smallest absolute Gasteiger partial charge is 0.219 e. The fraction of sp³-hybridized carbons (Fsp3) is 0.435. The van der Waals surface area contributed by atoms with Gasteiger partial charge in [0.1, 0.15) is 11.4 Å². The van der Waals surface area contributed by atoms with Crippen LogP contribution in [0.1, 0.15) is 55.5 Å². The van der Waals surface area contributed by atoms with E-state index in [1.165, 1.54) is 11.1 Å². The molecular formula is C23H29N5O. The fourth-order valence-corrected chi connectivity index (χ4v) is 3.88. The highest BCUT2D eigenvalue weighted by molar-refractivity contribution is 5.58. The van der Waals surface area contributed by atoms with Crippen LogP contribution in [-0.4, -0.2) is 33.1 Å². The number of aromatic nitrogens is 4. The first-order valence-electron chi connectivity index (χ1n) is 10.4. The van der Waals surface area contributed by atoms with Gasteiger partial charge in [-0.05, 0) is 75.0 Å². The number of nitrogens with one attached hydrogen (secondary N) is 1. The molecule has 0 amide bonds. The van der Waals surface area contributed by atoms with Crippen molar-refractivity contribution in [1.82, 2.24) is 25.3 Å². The van der Waals surface area contributed by atoms with E-state index in [0.29, 0.717) is 17.8 Å². The lowest BCUT2D eigenvalue weighted by Crippen LogP contribution is -2.30. The highest BCUT2D eigenvalue weighted by Gasteiger charge is 2.22. The molecule has 6 nitrogen and oxygen atoms in total. The van der Waals surface area contributed by atoms with E-state index in [2.05, 4.69) is 48.5 Å². The van der Waals surface area contributed by atoms with Gasteiger partial charge in [-0.2, -0.15) is 0 Å². The highest BCUT2D eigenvalue weighted by atomic mass is 16.5. The van der Waals surface area contributed by atoms with Crippen molar-refractivity contribution in [3.63, 3.8) is 0 Å². The van der Waals surface area contributed by atoms with E-state index in [1.54, 1.807) is 0 Å². The molecule has 4 rings (SSSR count). The van der Waals surface area contributed by atoms with Gasteiger partial charge in [-0.3, -0.25) is 0 Å². The Morgan fingerprint density at radius 1 is 1.10 bits per heavy atom. The number of rotatable bonds is 5. The van der Waals surface area contributed by atoms with Crippen molar-refractivity contribution in [1.29, 1.82) is 0 Å². The minimum Gasteiger partial charge on any atom is -0.439 e. The summed E-state index contributed by atoms with van der Waals surface area (Å²) in [7, 11) is 0. The van der Waals surface area contributed by atoms with Crippen LogP contribution in [0.5, 0.6) is 11.6 Å². The molecule has 1 aliphatic rings. The molecule has 3 aromatic rings. The van der Waals surface area contributed by atoms with Crippen molar-refractivity contribution in [3.05, 3.63) is 53.2 Å². The summed E-state index contributed by atoms with van der Waals surface area (Å²) in [6.07, 6.45) is 2.10. The van der Waals surface area contributed by atoms with Gasteiger partial charge in [0.15, 0.2) is 0 Å². The van der Waals surface area contributed by atoms with Gasteiger partial charge < -0.3 is 10.1 Å². The van der Waals surface area contributed by atoms with Crippen molar-refractivity contribution < 1.29 is 4.74 Å². The maximum absolute atomic E-state index is 6.14. The lowest BCUT2D eigenvalue weighted by Gasteiger charge is -2.24. The van der Waals surface area contributed by atoms with Crippen molar-refractivity contribution >= 4 is 0 Å². The third kappa shape index (κ3) is 4.32. The molecule has 0 atom stereocenters. The Bertz CT molecular complexity index is 989. The van der Waals surface area contributed by atoms with Crippen molar-refractivity contribution in [2.45, 2.75) is 52.5 Å². The molecule has 0 saturated carbocycles. The number of nitrogens with zero attached hydrogens (tertiary/aromatic N) is 4. The van der Waals surface area contributed by atoms with Gasteiger partial charge >= 0.3 is 0 Å². The Morgan fingerprint density at radius 2 is 1.90 bits per heavy atom. The molecule has 0 unspecified atom stereocenters. The zero-order chi connectivity index (χ0) is 20.4. The maximum Gasteiger partial charge on any atom is 0.219 e. The first-order valence-corrected chi connectivity index (χ1v) is 10.4. The summed E-state index contributed by atoms with van der Waals surface area (Å²) in [6.45, 7) is 10.5. The second-order valence-electron chi connectivity index (χ2n) is 8.15. The summed E-state index contributed by atoms with van der Waals surface area (Å²) in [6, 6.07) is 12.6. The highest BCUT2D eigenvalue weighted by Crippen LogP contribution is 2.30. The predicted molar refractivity (Wildman–Crippen MR) is 114 cm³/mol. The topological polar surface area (TPSA) is 64.9 Å². The standard InChI is InChI=1S/C23H29N5O/c1-15(2)18-12-16(3)13-20(14-18)29-22-7-5-6-21(25-22)23-17(4)26-27-28(23)19-8-10-24-11-9-19/h5-7,12-15,19,24H,8-11H2,1-4H3. The Balaban J connectivity index is 1.64. The summed E-state index contributed by atoms with van der Waals surface area (Å²) in [5.74, 6) is 1.85.